The summed E-state index contributed by atoms with van der Waals surface area (Å²) in [5, 5.41) is 8.88. The molecule has 0 aliphatic carbocycles. The minimum atomic E-state index is -0.498. The molecule has 1 aromatic rings. The molecule has 1 aromatic carbocycles. The Labute approximate surface area is 117 Å². The van der Waals surface area contributed by atoms with E-state index in [0.29, 0.717) is 44.0 Å². The fourth-order valence-corrected chi connectivity index (χ4v) is 2.44. The van der Waals surface area contributed by atoms with Gasteiger partial charge in [-0.3, -0.25) is 9.69 Å². The van der Waals surface area contributed by atoms with Gasteiger partial charge in [0.2, 0.25) is 0 Å². The quantitative estimate of drug-likeness (QED) is 0.790. The van der Waals surface area contributed by atoms with Crippen LogP contribution in [0.5, 0.6) is 0 Å². The summed E-state index contributed by atoms with van der Waals surface area (Å²) in [4.78, 5) is 16.1. The average Bonchev–Trinajstić information content (AvgIpc) is 2.43. The van der Waals surface area contributed by atoms with Crippen LogP contribution in [-0.4, -0.2) is 60.1 Å². The molecule has 20 heavy (non-hydrogen) atoms. The Hall–Kier alpha value is -1.66. The average molecular weight is 281 g/mol. The molecule has 1 saturated heterocycles. The van der Waals surface area contributed by atoms with Crippen molar-refractivity contribution in [3.63, 3.8) is 0 Å². The van der Waals surface area contributed by atoms with E-state index in [1.165, 1.54) is 12.1 Å². The number of carbonyl (C=O) groups excluding carboxylic acids is 1. The van der Waals surface area contributed by atoms with E-state index in [1.807, 2.05) is 0 Å². The summed E-state index contributed by atoms with van der Waals surface area (Å²) in [7, 11) is 0. The third-order valence-corrected chi connectivity index (χ3v) is 3.58. The van der Waals surface area contributed by atoms with Gasteiger partial charge >= 0.3 is 0 Å². The highest BCUT2D eigenvalue weighted by Crippen LogP contribution is 2.19. The molecule has 1 fully saturated rings. The van der Waals surface area contributed by atoms with Gasteiger partial charge in [0.05, 0.1) is 12.2 Å². The molecule has 0 unspecified atom stereocenters. The van der Waals surface area contributed by atoms with Crippen molar-refractivity contribution in [3.8, 4) is 0 Å². The Morgan fingerprint density at radius 1 is 1.35 bits per heavy atom. The molecule has 110 valence electrons. The van der Waals surface area contributed by atoms with Crippen LogP contribution in [0.15, 0.2) is 12.1 Å². The minimum Gasteiger partial charge on any atom is -0.399 e. The molecule has 0 saturated carbocycles. The maximum absolute atomic E-state index is 14.0. The van der Waals surface area contributed by atoms with Gasteiger partial charge in [-0.15, -0.1) is 0 Å². The summed E-state index contributed by atoms with van der Waals surface area (Å²) in [5.41, 5.74) is 6.50. The van der Waals surface area contributed by atoms with E-state index in [2.05, 4.69) is 4.90 Å². The first-order valence-electron chi connectivity index (χ1n) is 6.71. The molecule has 0 atom stereocenters. The number of nitrogens with two attached hydrogens (primary N) is 1. The van der Waals surface area contributed by atoms with Crippen molar-refractivity contribution < 1.29 is 14.3 Å². The van der Waals surface area contributed by atoms with Crippen LogP contribution >= 0.6 is 0 Å². The first-order chi connectivity index (χ1) is 9.52. The number of aryl methyl sites for hydroxylation is 1. The highest BCUT2D eigenvalue weighted by molar-refractivity contribution is 5.95. The molecule has 1 amide bonds. The molecule has 1 aliphatic heterocycles. The number of β-amino-alcohol motifs (C(OH)–C–C–N with tert-alkyl or cyclic N) is 1. The van der Waals surface area contributed by atoms with Crippen LogP contribution in [0, 0.1) is 12.7 Å². The summed E-state index contributed by atoms with van der Waals surface area (Å²) in [5.74, 6) is -0.816. The second kappa shape index (κ2) is 6.19. The highest BCUT2D eigenvalue weighted by atomic mass is 19.1. The summed E-state index contributed by atoms with van der Waals surface area (Å²) >= 11 is 0. The highest BCUT2D eigenvalue weighted by Gasteiger charge is 2.24. The molecule has 2 rings (SSSR count). The normalized spacial score (nSPS) is 16.4. The SMILES string of the molecule is Cc1cc(N)cc(C(=O)N2CCN(CCO)CC2)c1F. The summed E-state index contributed by atoms with van der Waals surface area (Å²) in [6, 6.07) is 2.91. The van der Waals surface area contributed by atoms with Crippen molar-refractivity contribution in [2.45, 2.75) is 6.92 Å². The number of hydrogen-bond acceptors (Lipinski definition) is 4. The number of nitrogens with zero attached hydrogens (tertiary/aromatic N) is 2. The van der Waals surface area contributed by atoms with Crippen LogP contribution in [0.1, 0.15) is 15.9 Å². The van der Waals surface area contributed by atoms with E-state index in [0.717, 1.165) is 0 Å². The lowest BCUT2D eigenvalue weighted by atomic mass is 10.1. The van der Waals surface area contributed by atoms with Gasteiger partial charge in [-0.2, -0.15) is 0 Å². The molecular formula is C14H20FN3O2. The first-order valence-corrected chi connectivity index (χ1v) is 6.71. The molecule has 3 N–H and O–H groups in total. The predicted molar refractivity (Wildman–Crippen MR) is 75.0 cm³/mol. The fraction of sp³-hybridized carbons (Fsp3) is 0.500. The Bertz CT molecular complexity index is 499. The second-order valence-electron chi connectivity index (χ2n) is 5.06. The van der Waals surface area contributed by atoms with Crippen LogP contribution in [0.25, 0.3) is 0 Å². The summed E-state index contributed by atoms with van der Waals surface area (Å²) in [6.45, 7) is 4.76. The minimum absolute atomic E-state index is 0.0399. The van der Waals surface area contributed by atoms with Crippen molar-refractivity contribution in [2.75, 3.05) is 45.1 Å². The number of nitrogen functional groups attached to an aromatic ring is 1. The second-order valence-corrected chi connectivity index (χ2v) is 5.06. The van der Waals surface area contributed by atoms with E-state index in [-0.39, 0.29) is 18.1 Å². The number of piperazine rings is 1. The van der Waals surface area contributed by atoms with Gasteiger partial charge in [-0.05, 0) is 24.6 Å². The molecule has 1 aliphatic rings. The first kappa shape index (κ1) is 14.7. The van der Waals surface area contributed by atoms with Gasteiger partial charge in [-0.1, -0.05) is 0 Å². The number of rotatable bonds is 3. The Balaban J connectivity index is 2.09. The van der Waals surface area contributed by atoms with Crippen LogP contribution in [0.2, 0.25) is 0 Å². The topological polar surface area (TPSA) is 69.8 Å². The van der Waals surface area contributed by atoms with Crippen LogP contribution in [-0.2, 0) is 0 Å². The van der Waals surface area contributed by atoms with Gasteiger partial charge in [0, 0.05) is 38.4 Å². The van der Waals surface area contributed by atoms with E-state index >= 15 is 0 Å². The fourth-order valence-electron chi connectivity index (χ4n) is 2.44. The summed E-state index contributed by atoms with van der Waals surface area (Å²) < 4.78 is 14.0. The largest absolute Gasteiger partial charge is 0.399 e. The Morgan fingerprint density at radius 2 is 2.00 bits per heavy atom. The third kappa shape index (κ3) is 3.08. The molecule has 1 heterocycles. The van der Waals surface area contributed by atoms with Gasteiger partial charge in [0.25, 0.3) is 5.91 Å². The molecule has 5 nitrogen and oxygen atoms in total. The van der Waals surface area contributed by atoms with Crippen LogP contribution in [0.3, 0.4) is 0 Å². The van der Waals surface area contributed by atoms with E-state index in [9.17, 15) is 9.18 Å². The molecule has 0 spiro atoms. The van der Waals surface area contributed by atoms with E-state index in [1.54, 1.807) is 11.8 Å². The maximum Gasteiger partial charge on any atom is 0.257 e. The monoisotopic (exact) mass is 281 g/mol. The maximum atomic E-state index is 14.0. The Kier molecular flexibility index (Phi) is 4.57. The van der Waals surface area contributed by atoms with Crippen LogP contribution in [0.4, 0.5) is 10.1 Å². The van der Waals surface area contributed by atoms with Crippen LogP contribution < -0.4 is 5.73 Å². The molecule has 6 heteroatoms. The smallest absolute Gasteiger partial charge is 0.257 e. The number of carbonyl (C=O) groups is 1. The van der Waals surface area contributed by atoms with E-state index < -0.39 is 5.82 Å². The predicted octanol–water partition coefficient (Wildman–Crippen LogP) is 0.466. The lowest BCUT2D eigenvalue weighted by Crippen LogP contribution is -2.49. The lowest BCUT2D eigenvalue weighted by Gasteiger charge is -2.34. The number of aliphatic hydroxyl groups is 1. The van der Waals surface area contributed by atoms with Gasteiger partial charge < -0.3 is 15.7 Å². The molecular weight excluding hydrogens is 261 g/mol. The molecule has 0 bridgehead atoms. The zero-order valence-corrected chi connectivity index (χ0v) is 11.6. The number of benzene rings is 1. The number of amides is 1. The summed E-state index contributed by atoms with van der Waals surface area (Å²) in [6.07, 6.45) is 0. The molecule has 0 aromatic heterocycles. The Morgan fingerprint density at radius 3 is 2.60 bits per heavy atom. The lowest BCUT2D eigenvalue weighted by molar-refractivity contribution is 0.0610. The zero-order chi connectivity index (χ0) is 14.7. The van der Waals surface area contributed by atoms with E-state index in [4.69, 9.17) is 10.8 Å². The van der Waals surface area contributed by atoms with Crippen molar-refractivity contribution in [3.05, 3.63) is 29.1 Å². The van der Waals surface area contributed by atoms with Gasteiger partial charge in [0.15, 0.2) is 0 Å². The number of halogens is 1. The standard InChI is InChI=1S/C14H20FN3O2/c1-10-8-11(16)9-12(13(10)15)14(20)18-4-2-17(3-5-18)6-7-19/h8-9,19H,2-7,16H2,1H3. The third-order valence-electron chi connectivity index (χ3n) is 3.58. The number of hydrogen-bond donors (Lipinski definition) is 2. The van der Waals surface area contributed by atoms with Crippen molar-refractivity contribution in [1.82, 2.24) is 9.80 Å². The van der Waals surface area contributed by atoms with Gasteiger partial charge in [0.1, 0.15) is 5.82 Å². The van der Waals surface area contributed by atoms with Crippen molar-refractivity contribution >= 4 is 11.6 Å². The number of anilines is 1. The molecule has 0 radical (unpaired) electrons. The van der Waals surface area contributed by atoms with Crippen molar-refractivity contribution in [2.24, 2.45) is 0 Å². The zero-order valence-electron chi connectivity index (χ0n) is 11.6. The van der Waals surface area contributed by atoms with Gasteiger partial charge in [-0.25, -0.2) is 4.39 Å². The van der Waals surface area contributed by atoms with Crippen molar-refractivity contribution in [1.29, 1.82) is 0 Å². The number of aliphatic hydroxyl groups excluding tert-OH is 1.